The summed E-state index contributed by atoms with van der Waals surface area (Å²) in [5, 5.41) is 7.44. The van der Waals surface area contributed by atoms with E-state index in [0.29, 0.717) is 24.9 Å². The number of hydrogen-bond donors (Lipinski definition) is 1. The lowest BCUT2D eigenvalue weighted by Gasteiger charge is -2.25. The molecule has 1 aromatic rings. The summed E-state index contributed by atoms with van der Waals surface area (Å²) in [6.07, 6.45) is 5.27. The molecule has 3 amide bonds. The molecule has 2 fully saturated rings. The molecule has 2 heterocycles. The summed E-state index contributed by atoms with van der Waals surface area (Å²) in [5.41, 5.74) is 0.891. The second-order valence-corrected chi connectivity index (χ2v) is 8.61. The maximum absolute atomic E-state index is 12.6. The third-order valence-corrected chi connectivity index (χ3v) is 5.56. The van der Waals surface area contributed by atoms with Crippen LogP contribution in [-0.2, 0) is 11.3 Å². The topological polar surface area (TPSA) is 70.5 Å². The van der Waals surface area contributed by atoms with Crippen molar-refractivity contribution in [3.05, 3.63) is 11.8 Å². The van der Waals surface area contributed by atoms with E-state index in [9.17, 15) is 9.59 Å². The van der Waals surface area contributed by atoms with Crippen LogP contribution in [-0.4, -0.2) is 57.7 Å². The molecule has 7 nitrogen and oxygen atoms in total. The highest BCUT2D eigenvalue weighted by molar-refractivity contribution is 5.88. The minimum absolute atomic E-state index is 0.147. The van der Waals surface area contributed by atoms with Crippen molar-refractivity contribution in [2.45, 2.75) is 65.5 Å². The smallest absolute Gasteiger partial charge is 0.322 e. The first-order valence-corrected chi connectivity index (χ1v) is 10.2. The summed E-state index contributed by atoms with van der Waals surface area (Å²) in [6.45, 7) is 8.33. The average Bonchev–Trinajstić information content (AvgIpc) is 3.28. The van der Waals surface area contributed by atoms with Crippen molar-refractivity contribution in [2.75, 3.05) is 25.5 Å². The second kappa shape index (κ2) is 8.31. The quantitative estimate of drug-likeness (QED) is 0.830. The summed E-state index contributed by atoms with van der Waals surface area (Å²) in [4.78, 5) is 28.8. The number of nitrogens with zero attached hydrogens (tertiary/aromatic N) is 4. The molecule has 0 aromatic carbocycles. The van der Waals surface area contributed by atoms with Gasteiger partial charge in [0.05, 0.1) is 5.69 Å². The molecule has 1 aliphatic heterocycles. The largest absolute Gasteiger partial charge is 0.339 e. The van der Waals surface area contributed by atoms with Crippen molar-refractivity contribution in [1.29, 1.82) is 0 Å². The Morgan fingerprint density at radius 3 is 2.74 bits per heavy atom. The van der Waals surface area contributed by atoms with Crippen LogP contribution in [0.4, 0.5) is 10.6 Å². The first-order chi connectivity index (χ1) is 12.8. The summed E-state index contributed by atoms with van der Waals surface area (Å²) in [6, 6.07) is 2.18. The fourth-order valence-corrected chi connectivity index (χ4v) is 4.31. The van der Waals surface area contributed by atoms with Crippen molar-refractivity contribution in [3.8, 4) is 0 Å². The highest BCUT2D eigenvalue weighted by Gasteiger charge is 2.36. The van der Waals surface area contributed by atoms with Gasteiger partial charge in [-0.2, -0.15) is 5.10 Å². The summed E-state index contributed by atoms with van der Waals surface area (Å²) in [5.74, 6) is 1.65. The van der Waals surface area contributed by atoms with E-state index in [2.05, 4.69) is 29.2 Å². The number of hydrogen-bond acceptors (Lipinski definition) is 3. The molecule has 1 aliphatic carbocycles. The number of anilines is 1. The number of nitrogens with one attached hydrogen (secondary N) is 1. The molecular formula is C20H33N5O2. The maximum atomic E-state index is 12.6. The van der Waals surface area contributed by atoms with Crippen LogP contribution in [0.15, 0.2) is 6.07 Å². The van der Waals surface area contributed by atoms with Crippen molar-refractivity contribution in [1.82, 2.24) is 19.6 Å². The number of likely N-dealkylation sites (tertiary alicyclic amines) is 1. The van der Waals surface area contributed by atoms with E-state index in [-0.39, 0.29) is 17.9 Å². The van der Waals surface area contributed by atoms with Gasteiger partial charge in [0.25, 0.3) is 0 Å². The Hall–Kier alpha value is -2.05. The van der Waals surface area contributed by atoms with E-state index in [1.165, 1.54) is 12.8 Å². The minimum Gasteiger partial charge on any atom is -0.339 e. The van der Waals surface area contributed by atoms with E-state index in [1.807, 2.05) is 17.7 Å². The van der Waals surface area contributed by atoms with Gasteiger partial charge in [-0.15, -0.1) is 0 Å². The zero-order valence-electron chi connectivity index (χ0n) is 17.1. The van der Waals surface area contributed by atoms with Gasteiger partial charge in [0.2, 0.25) is 5.91 Å². The van der Waals surface area contributed by atoms with Gasteiger partial charge in [0, 0.05) is 51.1 Å². The molecule has 1 unspecified atom stereocenters. The Morgan fingerprint density at radius 2 is 2.07 bits per heavy atom. The lowest BCUT2D eigenvalue weighted by molar-refractivity contribution is -0.129. The summed E-state index contributed by atoms with van der Waals surface area (Å²) in [7, 11) is 1.80. The molecule has 27 heavy (non-hydrogen) atoms. The zero-order valence-corrected chi connectivity index (χ0v) is 17.1. The van der Waals surface area contributed by atoms with Gasteiger partial charge in [-0.05, 0) is 25.7 Å². The Bertz CT molecular complexity index is 678. The highest BCUT2D eigenvalue weighted by atomic mass is 16.2. The van der Waals surface area contributed by atoms with E-state index >= 15 is 0 Å². The minimum atomic E-state index is -0.147. The van der Waals surface area contributed by atoms with Crippen LogP contribution < -0.4 is 5.32 Å². The van der Waals surface area contributed by atoms with Crippen LogP contribution >= 0.6 is 0 Å². The number of urea groups is 1. The van der Waals surface area contributed by atoms with Crippen LogP contribution in [0.5, 0.6) is 0 Å². The highest BCUT2D eigenvalue weighted by Crippen LogP contribution is 2.29. The summed E-state index contributed by atoms with van der Waals surface area (Å²) >= 11 is 0. The van der Waals surface area contributed by atoms with Crippen LogP contribution in [0.2, 0.25) is 0 Å². The van der Waals surface area contributed by atoms with Crippen LogP contribution in [0.3, 0.4) is 0 Å². The number of aromatic nitrogens is 2. The Balaban J connectivity index is 1.54. The van der Waals surface area contributed by atoms with E-state index in [1.54, 1.807) is 11.9 Å². The molecular weight excluding hydrogens is 342 g/mol. The number of amides is 3. The molecule has 1 saturated heterocycles. The Labute approximate surface area is 162 Å². The fraction of sp³-hybridized carbons (Fsp3) is 0.750. The molecule has 150 valence electrons. The SMILES string of the molecule is Cc1cc(NC(=O)N(C)CC2CC(=O)N(C3CCCC3)C2)n(CC(C)C)n1. The van der Waals surface area contributed by atoms with Crippen LogP contribution in [0.1, 0.15) is 51.6 Å². The lowest BCUT2D eigenvalue weighted by Crippen LogP contribution is -2.38. The van der Waals surface area contributed by atoms with Crippen LogP contribution in [0.25, 0.3) is 0 Å². The van der Waals surface area contributed by atoms with E-state index < -0.39 is 0 Å². The monoisotopic (exact) mass is 375 g/mol. The van der Waals surface area contributed by atoms with Crippen LogP contribution in [0, 0.1) is 18.8 Å². The van der Waals surface area contributed by atoms with Crippen molar-refractivity contribution >= 4 is 17.8 Å². The second-order valence-electron chi connectivity index (χ2n) is 8.61. The normalized spacial score (nSPS) is 20.7. The average molecular weight is 376 g/mol. The molecule has 1 atom stereocenters. The first-order valence-electron chi connectivity index (χ1n) is 10.2. The number of carbonyl (C=O) groups is 2. The van der Waals surface area contributed by atoms with Crippen molar-refractivity contribution in [3.63, 3.8) is 0 Å². The van der Waals surface area contributed by atoms with Crippen molar-refractivity contribution < 1.29 is 9.59 Å². The van der Waals surface area contributed by atoms with Gasteiger partial charge < -0.3 is 9.80 Å². The predicted molar refractivity (Wildman–Crippen MR) is 106 cm³/mol. The van der Waals surface area contributed by atoms with E-state index in [4.69, 9.17) is 0 Å². The number of aryl methyl sites for hydroxylation is 1. The Morgan fingerprint density at radius 1 is 1.37 bits per heavy atom. The molecule has 1 N–H and O–H groups in total. The maximum Gasteiger partial charge on any atom is 0.322 e. The molecule has 1 saturated carbocycles. The van der Waals surface area contributed by atoms with Gasteiger partial charge in [-0.25, -0.2) is 9.48 Å². The molecule has 0 spiro atoms. The number of carbonyl (C=O) groups excluding carboxylic acids is 2. The lowest BCUT2D eigenvalue weighted by atomic mass is 10.1. The molecule has 3 rings (SSSR count). The van der Waals surface area contributed by atoms with Gasteiger partial charge >= 0.3 is 6.03 Å². The van der Waals surface area contributed by atoms with E-state index in [0.717, 1.165) is 37.4 Å². The zero-order chi connectivity index (χ0) is 19.6. The third-order valence-electron chi connectivity index (χ3n) is 5.56. The van der Waals surface area contributed by atoms with Gasteiger partial charge in [0.15, 0.2) is 0 Å². The molecule has 0 radical (unpaired) electrons. The first kappa shape index (κ1) is 19.7. The van der Waals surface area contributed by atoms with Gasteiger partial charge in [-0.1, -0.05) is 26.7 Å². The number of rotatable bonds is 6. The molecule has 1 aromatic heterocycles. The third kappa shape index (κ3) is 4.82. The van der Waals surface area contributed by atoms with Gasteiger partial charge in [-0.3, -0.25) is 10.1 Å². The summed E-state index contributed by atoms with van der Waals surface area (Å²) < 4.78 is 1.85. The van der Waals surface area contributed by atoms with Gasteiger partial charge in [0.1, 0.15) is 5.82 Å². The Kier molecular flexibility index (Phi) is 6.07. The molecule has 0 bridgehead atoms. The molecule has 2 aliphatic rings. The predicted octanol–water partition coefficient (Wildman–Crippen LogP) is 3.10. The molecule has 7 heteroatoms. The fourth-order valence-electron chi connectivity index (χ4n) is 4.31. The van der Waals surface area contributed by atoms with Crippen molar-refractivity contribution in [2.24, 2.45) is 11.8 Å². The standard InChI is InChI=1S/C20H33N5O2/c1-14(2)11-25-18(9-15(3)22-25)21-20(27)23(4)12-16-10-19(26)24(13-16)17-7-5-6-8-17/h9,14,16-17H,5-8,10-13H2,1-4H3,(H,21,27).